The van der Waals surface area contributed by atoms with E-state index in [0.29, 0.717) is 0 Å². The fourth-order valence-corrected chi connectivity index (χ4v) is 2.03. The van der Waals surface area contributed by atoms with Crippen LogP contribution in [-0.4, -0.2) is 6.61 Å². The van der Waals surface area contributed by atoms with Crippen LogP contribution in [-0.2, 0) is 6.42 Å². The van der Waals surface area contributed by atoms with Gasteiger partial charge in [-0.2, -0.15) is 0 Å². The van der Waals surface area contributed by atoms with E-state index in [1.807, 2.05) is 13.8 Å². The molecule has 1 aliphatic heterocycles. The summed E-state index contributed by atoms with van der Waals surface area (Å²) in [5.41, 5.74) is 3.05. The molecule has 1 aromatic carbocycles. The van der Waals surface area contributed by atoms with Crippen molar-refractivity contribution in [3.63, 3.8) is 0 Å². The standard InChI is InChI=1S/C11H12O.C2H6/c1-2-9(8-4-5-8)10-6-7-12-11(10)3-1;1-2/h1-3,8H,4-7H2;1-2H3. The van der Waals surface area contributed by atoms with Gasteiger partial charge in [-0.05, 0) is 30.4 Å². The summed E-state index contributed by atoms with van der Waals surface area (Å²) in [4.78, 5) is 0. The van der Waals surface area contributed by atoms with Crippen molar-refractivity contribution >= 4 is 0 Å². The molecule has 1 nitrogen and oxygen atoms in total. The van der Waals surface area contributed by atoms with Crippen LogP contribution in [0.5, 0.6) is 5.75 Å². The summed E-state index contributed by atoms with van der Waals surface area (Å²) in [6, 6.07) is 6.48. The zero-order valence-corrected chi connectivity index (χ0v) is 9.05. The molecule has 0 amide bonds. The molecule has 0 bridgehead atoms. The molecule has 1 aliphatic carbocycles. The number of rotatable bonds is 1. The van der Waals surface area contributed by atoms with Crippen LogP contribution in [0.1, 0.15) is 43.7 Å². The molecule has 0 unspecified atom stereocenters. The van der Waals surface area contributed by atoms with Crippen molar-refractivity contribution in [2.75, 3.05) is 6.61 Å². The minimum Gasteiger partial charge on any atom is -0.493 e. The number of ether oxygens (including phenoxy) is 1. The highest BCUT2D eigenvalue weighted by Gasteiger charge is 2.28. The Morgan fingerprint density at radius 2 is 2.00 bits per heavy atom. The van der Waals surface area contributed by atoms with Crippen LogP contribution in [0.2, 0.25) is 0 Å². The van der Waals surface area contributed by atoms with Gasteiger partial charge in [-0.3, -0.25) is 0 Å². The molecule has 1 saturated carbocycles. The van der Waals surface area contributed by atoms with E-state index in [2.05, 4.69) is 18.2 Å². The molecule has 0 N–H and O–H groups in total. The third kappa shape index (κ3) is 1.63. The monoisotopic (exact) mass is 190 g/mol. The minimum atomic E-state index is 0.863. The first-order valence-electron chi connectivity index (χ1n) is 5.70. The van der Waals surface area contributed by atoms with Crippen molar-refractivity contribution in [1.82, 2.24) is 0 Å². The molecule has 3 rings (SSSR count). The number of benzene rings is 1. The highest BCUT2D eigenvalue weighted by Crippen LogP contribution is 2.44. The Hall–Kier alpha value is -0.980. The van der Waals surface area contributed by atoms with Crippen molar-refractivity contribution in [2.24, 2.45) is 0 Å². The largest absolute Gasteiger partial charge is 0.493 e. The van der Waals surface area contributed by atoms with Crippen LogP contribution in [0.15, 0.2) is 18.2 Å². The first-order chi connectivity index (χ1) is 6.95. The summed E-state index contributed by atoms with van der Waals surface area (Å²) in [6.45, 7) is 4.89. The highest BCUT2D eigenvalue weighted by molar-refractivity contribution is 5.45. The molecule has 0 aromatic heterocycles. The van der Waals surface area contributed by atoms with E-state index in [1.54, 1.807) is 5.56 Å². The second kappa shape index (κ2) is 4.04. The predicted molar refractivity (Wildman–Crippen MR) is 59.0 cm³/mol. The molecule has 1 fully saturated rings. The van der Waals surface area contributed by atoms with Crippen LogP contribution >= 0.6 is 0 Å². The Morgan fingerprint density at radius 1 is 1.21 bits per heavy atom. The van der Waals surface area contributed by atoms with Gasteiger partial charge in [0.2, 0.25) is 0 Å². The zero-order chi connectivity index (χ0) is 9.97. The van der Waals surface area contributed by atoms with Gasteiger partial charge in [0.05, 0.1) is 6.61 Å². The van der Waals surface area contributed by atoms with Gasteiger partial charge in [-0.25, -0.2) is 0 Å². The van der Waals surface area contributed by atoms with Crippen LogP contribution in [0.4, 0.5) is 0 Å². The van der Waals surface area contributed by atoms with Crippen molar-refractivity contribution < 1.29 is 4.74 Å². The average Bonchev–Trinajstić information content (AvgIpc) is 2.98. The van der Waals surface area contributed by atoms with E-state index in [0.717, 1.165) is 24.7 Å². The Bertz CT molecular complexity index is 313. The van der Waals surface area contributed by atoms with E-state index in [9.17, 15) is 0 Å². The molecule has 1 heteroatoms. The van der Waals surface area contributed by atoms with Gasteiger partial charge >= 0.3 is 0 Å². The van der Waals surface area contributed by atoms with Crippen LogP contribution in [0.25, 0.3) is 0 Å². The molecule has 0 spiro atoms. The second-order valence-electron chi connectivity index (χ2n) is 3.70. The Labute approximate surface area is 86.1 Å². The molecule has 1 aromatic rings. The third-order valence-corrected chi connectivity index (χ3v) is 2.80. The molecular weight excluding hydrogens is 172 g/mol. The van der Waals surface area contributed by atoms with Crippen molar-refractivity contribution in [1.29, 1.82) is 0 Å². The van der Waals surface area contributed by atoms with Crippen LogP contribution < -0.4 is 4.74 Å². The number of fused-ring (bicyclic) bond motifs is 1. The number of hydrogen-bond donors (Lipinski definition) is 0. The lowest BCUT2D eigenvalue weighted by Crippen LogP contribution is -1.88. The first-order valence-corrected chi connectivity index (χ1v) is 5.70. The maximum Gasteiger partial charge on any atom is 0.122 e. The van der Waals surface area contributed by atoms with Gasteiger partial charge in [0, 0.05) is 12.0 Å². The molecule has 0 saturated heterocycles. The fraction of sp³-hybridized carbons (Fsp3) is 0.538. The summed E-state index contributed by atoms with van der Waals surface area (Å²) in [5, 5.41) is 0. The smallest absolute Gasteiger partial charge is 0.122 e. The van der Waals surface area contributed by atoms with Gasteiger partial charge in [0.15, 0.2) is 0 Å². The fourth-order valence-electron chi connectivity index (χ4n) is 2.03. The Morgan fingerprint density at radius 3 is 2.71 bits per heavy atom. The topological polar surface area (TPSA) is 9.23 Å². The third-order valence-electron chi connectivity index (χ3n) is 2.80. The van der Waals surface area contributed by atoms with Gasteiger partial charge in [-0.15, -0.1) is 0 Å². The quantitative estimate of drug-likeness (QED) is 0.658. The molecular formula is C13H18O. The number of hydrogen-bond acceptors (Lipinski definition) is 1. The summed E-state index contributed by atoms with van der Waals surface area (Å²) in [5.74, 6) is 2.00. The lowest BCUT2D eigenvalue weighted by molar-refractivity contribution is 0.357. The van der Waals surface area contributed by atoms with Crippen molar-refractivity contribution in [3.8, 4) is 5.75 Å². The zero-order valence-electron chi connectivity index (χ0n) is 9.05. The SMILES string of the molecule is CC.c1cc2c(c(C3CC3)c1)CCO2. The van der Waals surface area contributed by atoms with Crippen molar-refractivity contribution in [2.45, 2.75) is 39.0 Å². The molecule has 0 radical (unpaired) electrons. The van der Waals surface area contributed by atoms with Gasteiger partial charge in [0.1, 0.15) is 5.75 Å². The van der Waals surface area contributed by atoms with Gasteiger partial charge in [0.25, 0.3) is 0 Å². The maximum absolute atomic E-state index is 5.52. The normalized spacial score (nSPS) is 17.9. The van der Waals surface area contributed by atoms with Crippen LogP contribution in [0, 0.1) is 0 Å². The van der Waals surface area contributed by atoms with Crippen molar-refractivity contribution in [3.05, 3.63) is 29.3 Å². The molecule has 2 aliphatic rings. The summed E-state index contributed by atoms with van der Waals surface area (Å²) in [6.07, 6.45) is 3.90. The maximum atomic E-state index is 5.52. The van der Waals surface area contributed by atoms with E-state index >= 15 is 0 Å². The Kier molecular flexibility index (Phi) is 2.76. The van der Waals surface area contributed by atoms with E-state index in [4.69, 9.17) is 4.74 Å². The van der Waals surface area contributed by atoms with Crippen LogP contribution in [0.3, 0.4) is 0 Å². The van der Waals surface area contributed by atoms with E-state index in [1.165, 1.54) is 18.4 Å². The Balaban J connectivity index is 0.000000354. The van der Waals surface area contributed by atoms with E-state index in [-0.39, 0.29) is 0 Å². The summed E-state index contributed by atoms with van der Waals surface area (Å²) in [7, 11) is 0. The predicted octanol–water partition coefficient (Wildman–Crippen LogP) is 3.53. The van der Waals surface area contributed by atoms with E-state index < -0.39 is 0 Å². The highest BCUT2D eigenvalue weighted by atomic mass is 16.5. The lowest BCUT2D eigenvalue weighted by Gasteiger charge is -2.03. The molecule has 1 heterocycles. The summed E-state index contributed by atoms with van der Waals surface area (Å²) >= 11 is 0. The van der Waals surface area contributed by atoms with Gasteiger partial charge < -0.3 is 4.74 Å². The average molecular weight is 190 g/mol. The second-order valence-corrected chi connectivity index (χ2v) is 3.70. The van der Waals surface area contributed by atoms with Gasteiger partial charge in [-0.1, -0.05) is 26.0 Å². The first kappa shape index (κ1) is 9.57. The molecule has 14 heavy (non-hydrogen) atoms. The lowest BCUT2D eigenvalue weighted by atomic mass is 10.0. The summed E-state index contributed by atoms with van der Waals surface area (Å²) < 4.78 is 5.52. The molecule has 76 valence electrons. The molecule has 0 atom stereocenters. The minimum absolute atomic E-state index is 0.863.